The van der Waals surface area contributed by atoms with Gasteiger partial charge in [0.25, 0.3) is 5.89 Å². The van der Waals surface area contributed by atoms with Gasteiger partial charge >= 0.3 is 0 Å². The SMILES string of the molecule is O=c1ccn(-c2ccc(F)c(F)c2)nc1-c1nc(-c2ccccc2F)no1. The van der Waals surface area contributed by atoms with Crippen molar-refractivity contribution >= 4 is 0 Å². The fourth-order valence-corrected chi connectivity index (χ4v) is 2.40. The molecule has 0 fully saturated rings. The van der Waals surface area contributed by atoms with Gasteiger partial charge in [-0.3, -0.25) is 4.79 Å². The Kier molecular flexibility index (Phi) is 4.03. The maximum atomic E-state index is 13.9. The summed E-state index contributed by atoms with van der Waals surface area (Å²) in [5.74, 6) is -2.89. The fourth-order valence-electron chi connectivity index (χ4n) is 2.40. The molecule has 2 heterocycles. The van der Waals surface area contributed by atoms with Crippen molar-refractivity contribution in [1.29, 1.82) is 0 Å². The predicted molar refractivity (Wildman–Crippen MR) is 88.4 cm³/mol. The fraction of sp³-hybridized carbons (Fsp3) is 0. The molecule has 0 spiro atoms. The molecule has 4 rings (SSSR count). The third kappa shape index (κ3) is 3.10. The highest BCUT2D eigenvalue weighted by atomic mass is 19.2. The molecule has 0 atom stereocenters. The summed E-state index contributed by atoms with van der Waals surface area (Å²) in [6.07, 6.45) is 1.28. The van der Waals surface area contributed by atoms with Crippen LogP contribution < -0.4 is 5.43 Å². The Morgan fingerprint density at radius 2 is 1.74 bits per heavy atom. The van der Waals surface area contributed by atoms with E-state index in [4.69, 9.17) is 4.52 Å². The molecule has 27 heavy (non-hydrogen) atoms. The van der Waals surface area contributed by atoms with Crippen molar-refractivity contribution in [3.8, 4) is 28.7 Å². The Labute approximate surface area is 149 Å². The molecule has 2 aromatic carbocycles. The van der Waals surface area contributed by atoms with Crippen molar-refractivity contribution in [3.05, 3.63) is 82.4 Å². The lowest BCUT2D eigenvalue weighted by atomic mass is 10.2. The predicted octanol–water partition coefficient (Wildman–Crippen LogP) is 3.37. The number of benzene rings is 2. The molecule has 0 radical (unpaired) electrons. The molecule has 0 unspecified atom stereocenters. The molecule has 0 amide bonds. The highest BCUT2D eigenvalue weighted by Crippen LogP contribution is 2.22. The largest absolute Gasteiger partial charge is 0.332 e. The van der Waals surface area contributed by atoms with Crippen LogP contribution in [-0.4, -0.2) is 19.9 Å². The second-order valence-electron chi connectivity index (χ2n) is 5.47. The Hall–Kier alpha value is -3.75. The zero-order valence-electron chi connectivity index (χ0n) is 13.4. The Bertz CT molecular complexity index is 1200. The number of nitrogens with zero attached hydrogens (tertiary/aromatic N) is 4. The van der Waals surface area contributed by atoms with E-state index in [9.17, 15) is 18.0 Å². The quantitative estimate of drug-likeness (QED) is 0.553. The van der Waals surface area contributed by atoms with Crippen molar-refractivity contribution in [2.45, 2.75) is 0 Å². The van der Waals surface area contributed by atoms with Gasteiger partial charge in [0.1, 0.15) is 5.82 Å². The normalized spacial score (nSPS) is 10.9. The third-order valence-corrected chi connectivity index (χ3v) is 3.72. The van der Waals surface area contributed by atoms with Crippen LogP contribution >= 0.6 is 0 Å². The molecule has 4 aromatic rings. The van der Waals surface area contributed by atoms with Gasteiger partial charge in [-0.2, -0.15) is 10.1 Å². The molecule has 0 aliphatic carbocycles. The van der Waals surface area contributed by atoms with Gasteiger partial charge in [0.15, 0.2) is 17.3 Å². The van der Waals surface area contributed by atoms with Crippen LogP contribution in [0.2, 0.25) is 0 Å². The average molecular weight is 370 g/mol. The molecule has 9 heteroatoms. The van der Waals surface area contributed by atoms with Crippen LogP contribution in [-0.2, 0) is 0 Å². The standard InChI is InChI=1S/C18H9F3N4O2/c19-12-4-2-1-3-11(12)17-22-18(27-24-17)16-15(26)7-8-25(23-16)10-5-6-13(20)14(21)9-10/h1-9H. The van der Waals surface area contributed by atoms with Crippen molar-refractivity contribution < 1.29 is 17.7 Å². The Morgan fingerprint density at radius 1 is 0.926 bits per heavy atom. The molecular weight excluding hydrogens is 361 g/mol. The van der Waals surface area contributed by atoms with E-state index in [1.165, 1.54) is 30.5 Å². The number of halogens is 3. The van der Waals surface area contributed by atoms with E-state index in [2.05, 4.69) is 15.2 Å². The first-order valence-electron chi connectivity index (χ1n) is 7.67. The van der Waals surface area contributed by atoms with Crippen molar-refractivity contribution in [2.24, 2.45) is 0 Å². The van der Waals surface area contributed by atoms with Crippen LogP contribution in [0.1, 0.15) is 0 Å². The highest BCUT2D eigenvalue weighted by Gasteiger charge is 2.18. The van der Waals surface area contributed by atoms with E-state index < -0.39 is 22.9 Å². The molecule has 2 aromatic heterocycles. The van der Waals surface area contributed by atoms with E-state index >= 15 is 0 Å². The summed E-state index contributed by atoms with van der Waals surface area (Å²) in [4.78, 5) is 16.1. The number of rotatable bonds is 3. The maximum Gasteiger partial charge on any atom is 0.282 e. The lowest BCUT2D eigenvalue weighted by Gasteiger charge is -2.06. The second kappa shape index (κ2) is 6.52. The van der Waals surface area contributed by atoms with Gasteiger partial charge in [0.05, 0.1) is 11.3 Å². The number of hydrogen-bond acceptors (Lipinski definition) is 5. The molecule has 0 aliphatic heterocycles. The molecule has 6 nitrogen and oxygen atoms in total. The van der Waals surface area contributed by atoms with E-state index in [1.807, 2.05) is 0 Å². The van der Waals surface area contributed by atoms with Crippen LogP contribution in [0.25, 0.3) is 28.7 Å². The van der Waals surface area contributed by atoms with E-state index in [1.54, 1.807) is 6.07 Å². The van der Waals surface area contributed by atoms with Crippen molar-refractivity contribution in [1.82, 2.24) is 19.9 Å². The van der Waals surface area contributed by atoms with Crippen LogP contribution in [0, 0.1) is 17.5 Å². The smallest absolute Gasteiger partial charge is 0.282 e. The van der Waals surface area contributed by atoms with Crippen LogP contribution in [0.15, 0.2) is 64.0 Å². The third-order valence-electron chi connectivity index (χ3n) is 3.72. The van der Waals surface area contributed by atoms with E-state index in [-0.39, 0.29) is 28.7 Å². The highest BCUT2D eigenvalue weighted by molar-refractivity contribution is 5.58. The minimum Gasteiger partial charge on any atom is -0.332 e. The minimum atomic E-state index is -1.06. The van der Waals surface area contributed by atoms with Crippen LogP contribution in [0.5, 0.6) is 0 Å². The van der Waals surface area contributed by atoms with Gasteiger partial charge in [-0.15, -0.1) is 0 Å². The van der Waals surface area contributed by atoms with Crippen molar-refractivity contribution in [2.75, 3.05) is 0 Å². The first-order valence-corrected chi connectivity index (χ1v) is 7.67. The summed E-state index contributed by atoms with van der Waals surface area (Å²) in [6.45, 7) is 0. The summed E-state index contributed by atoms with van der Waals surface area (Å²) >= 11 is 0. The summed E-state index contributed by atoms with van der Waals surface area (Å²) in [7, 11) is 0. The average Bonchev–Trinajstić information content (AvgIpc) is 3.14. The van der Waals surface area contributed by atoms with Crippen molar-refractivity contribution in [3.63, 3.8) is 0 Å². The van der Waals surface area contributed by atoms with Crippen LogP contribution in [0.3, 0.4) is 0 Å². The Morgan fingerprint density at radius 3 is 2.52 bits per heavy atom. The molecule has 0 N–H and O–H groups in total. The Balaban J connectivity index is 1.78. The van der Waals surface area contributed by atoms with Gasteiger partial charge in [-0.1, -0.05) is 17.3 Å². The van der Waals surface area contributed by atoms with Gasteiger partial charge in [0, 0.05) is 18.3 Å². The lowest BCUT2D eigenvalue weighted by molar-refractivity contribution is 0.429. The molecule has 0 saturated carbocycles. The van der Waals surface area contributed by atoms with E-state index in [0.29, 0.717) is 0 Å². The van der Waals surface area contributed by atoms with Gasteiger partial charge in [-0.05, 0) is 24.3 Å². The zero-order chi connectivity index (χ0) is 19.0. The lowest BCUT2D eigenvalue weighted by Crippen LogP contribution is -2.13. The summed E-state index contributed by atoms with van der Waals surface area (Å²) < 4.78 is 46.6. The number of hydrogen-bond donors (Lipinski definition) is 0. The summed E-state index contributed by atoms with van der Waals surface area (Å²) in [5.41, 5.74) is -0.455. The summed E-state index contributed by atoms with van der Waals surface area (Å²) in [5, 5.41) is 7.71. The van der Waals surface area contributed by atoms with Crippen LogP contribution in [0.4, 0.5) is 13.2 Å². The second-order valence-corrected chi connectivity index (χ2v) is 5.47. The minimum absolute atomic E-state index is 0.0486. The zero-order valence-corrected chi connectivity index (χ0v) is 13.4. The monoisotopic (exact) mass is 370 g/mol. The van der Waals surface area contributed by atoms with Gasteiger partial charge < -0.3 is 4.52 Å². The molecular formula is C18H9F3N4O2. The molecule has 0 aliphatic rings. The number of aromatic nitrogens is 4. The first kappa shape index (κ1) is 16.7. The topological polar surface area (TPSA) is 73.8 Å². The molecule has 0 saturated heterocycles. The summed E-state index contributed by atoms with van der Waals surface area (Å²) in [6, 6.07) is 10.1. The molecule has 0 bridgehead atoms. The molecule has 134 valence electrons. The van der Waals surface area contributed by atoms with Gasteiger partial charge in [0.2, 0.25) is 11.3 Å². The van der Waals surface area contributed by atoms with Gasteiger partial charge in [-0.25, -0.2) is 17.9 Å². The van der Waals surface area contributed by atoms with E-state index in [0.717, 1.165) is 22.9 Å². The first-order chi connectivity index (χ1) is 13.0. The maximum absolute atomic E-state index is 13.9.